The van der Waals surface area contributed by atoms with E-state index in [0.717, 1.165) is 17.0 Å². The molecule has 2 rings (SSSR count). The Hall–Kier alpha value is -2.49. The number of hydrogen-bond acceptors (Lipinski definition) is 2. The highest BCUT2D eigenvalue weighted by atomic mass is 16.5. The molecule has 22 heavy (non-hydrogen) atoms. The van der Waals surface area contributed by atoms with E-state index >= 15 is 0 Å². The van der Waals surface area contributed by atoms with Gasteiger partial charge in [-0.15, -0.1) is 0 Å². The highest BCUT2D eigenvalue weighted by Gasteiger charge is 2.20. The second-order valence-corrected chi connectivity index (χ2v) is 5.03. The maximum atomic E-state index is 12.5. The molecule has 0 fully saturated rings. The van der Waals surface area contributed by atoms with Gasteiger partial charge in [-0.25, -0.2) is 4.79 Å². The van der Waals surface area contributed by atoms with Crippen molar-refractivity contribution >= 4 is 11.7 Å². The molecular weight excluding hydrogens is 276 g/mol. The normalized spacial score (nSPS) is 11.6. The van der Waals surface area contributed by atoms with Crippen LogP contribution in [-0.4, -0.2) is 24.6 Å². The molecule has 4 nitrogen and oxygen atoms in total. The van der Waals surface area contributed by atoms with Crippen molar-refractivity contribution in [3.8, 4) is 5.75 Å². The van der Waals surface area contributed by atoms with Crippen molar-refractivity contribution < 1.29 is 9.53 Å². The topological polar surface area (TPSA) is 41.6 Å². The van der Waals surface area contributed by atoms with Gasteiger partial charge in [-0.2, -0.15) is 0 Å². The smallest absolute Gasteiger partial charge is 0.322 e. The minimum atomic E-state index is -0.107. The number of hydrogen-bond donors (Lipinski definition) is 1. The lowest BCUT2D eigenvalue weighted by Gasteiger charge is -2.28. The predicted octanol–water partition coefficient (Wildman–Crippen LogP) is 4.31. The second kappa shape index (κ2) is 7.50. The SMILES string of the molecule is CCN(C(=O)Nc1ccccc1)[C@@H](C)c1cccc(OC)c1. The van der Waals surface area contributed by atoms with E-state index in [1.165, 1.54) is 0 Å². The number of urea groups is 1. The van der Waals surface area contributed by atoms with Crippen molar-refractivity contribution in [1.82, 2.24) is 4.90 Å². The molecule has 0 aromatic heterocycles. The van der Waals surface area contributed by atoms with Gasteiger partial charge in [0.15, 0.2) is 0 Å². The molecule has 0 saturated carbocycles. The Balaban J connectivity index is 2.14. The molecule has 0 bridgehead atoms. The summed E-state index contributed by atoms with van der Waals surface area (Å²) < 4.78 is 5.26. The molecule has 0 saturated heterocycles. The first-order chi connectivity index (χ1) is 10.7. The molecule has 2 aromatic rings. The first-order valence-electron chi connectivity index (χ1n) is 7.42. The molecule has 1 N–H and O–H groups in total. The summed E-state index contributed by atoms with van der Waals surface area (Å²) >= 11 is 0. The van der Waals surface area contributed by atoms with E-state index in [4.69, 9.17) is 4.74 Å². The number of methoxy groups -OCH3 is 1. The van der Waals surface area contributed by atoms with Gasteiger partial charge in [0.05, 0.1) is 13.2 Å². The summed E-state index contributed by atoms with van der Waals surface area (Å²) in [6.07, 6.45) is 0. The largest absolute Gasteiger partial charge is 0.497 e. The average Bonchev–Trinajstić information content (AvgIpc) is 2.56. The summed E-state index contributed by atoms with van der Waals surface area (Å²) in [5.74, 6) is 0.795. The Bertz CT molecular complexity index is 613. The van der Waals surface area contributed by atoms with Crippen LogP contribution >= 0.6 is 0 Å². The number of carbonyl (C=O) groups excluding carboxylic acids is 1. The van der Waals surface area contributed by atoms with Gasteiger partial charge in [0, 0.05) is 12.2 Å². The monoisotopic (exact) mass is 298 g/mol. The second-order valence-electron chi connectivity index (χ2n) is 5.03. The molecular formula is C18H22N2O2. The number of amides is 2. The van der Waals surface area contributed by atoms with Gasteiger partial charge < -0.3 is 15.0 Å². The number of carbonyl (C=O) groups is 1. The van der Waals surface area contributed by atoms with Crippen LogP contribution < -0.4 is 10.1 Å². The fourth-order valence-corrected chi connectivity index (χ4v) is 2.39. The van der Waals surface area contributed by atoms with Gasteiger partial charge in [0.25, 0.3) is 0 Å². The molecule has 2 aromatic carbocycles. The van der Waals surface area contributed by atoms with Crippen LogP contribution in [0.4, 0.5) is 10.5 Å². The highest BCUT2D eigenvalue weighted by molar-refractivity contribution is 5.89. The number of nitrogens with zero attached hydrogens (tertiary/aromatic N) is 1. The molecule has 0 aliphatic carbocycles. The minimum Gasteiger partial charge on any atom is -0.497 e. The fourth-order valence-electron chi connectivity index (χ4n) is 2.39. The Labute approximate surface area is 131 Å². The minimum absolute atomic E-state index is 0.0381. The van der Waals surface area contributed by atoms with Gasteiger partial charge >= 0.3 is 6.03 Å². The summed E-state index contributed by atoms with van der Waals surface area (Å²) in [6.45, 7) is 4.61. The molecule has 2 amide bonds. The summed E-state index contributed by atoms with van der Waals surface area (Å²) in [6, 6.07) is 17.1. The summed E-state index contributed by atoms with van der Waals surface area (Å²) in [5, 5.41) is 2.93. The maximum absolute atomic E-state index is 12.5. The Kier molecular flexibility index (Phi) is 5.42. The molecule has 1 atom stereocenters. The van der Waals surface area contributed by atoms with Gasteiger partial charge in [0.2, 0.25) is 0 Å². The van der Waals surface area contributed by atoms with Crippen molar-refractivity contribution in [2.45, 2.75) is 19.9 Å². The van der Waals surface area contributed by atoms with Crippen LogP contribution in [0.3, 0.4) is 0 Å². The summed E-state index contributed by atoms with van der Waals surface area (Å²) in [5.41, 5.74) is 1.84. The Morgan fingerprint density at radius 2 is 1.91 bits per heavy atom. The third kappa shape index (κ3) is 3.79. The zero-order valence-electron chi connectivity index (χ0n) is 13.2. The van der Waals surface area contributed by atoms with Crippen molar-refractivity contribution in [3.05, 3.63) is 60.2 Å². The summed E-state index contributed by atoms with van der Waals surface area (Å²) in [7, 11) is 1.64. The van der Waals surface area contributed by atoms with Crippen molar-refractivity contribution in [1.29, 1.82) is 0 Å². The first-order valence-corrected chi connectivity index (χ1v) is 7.42. The average molecular weight is 298 g/mol. The number of nitrogens with one attached hydrogen (secondary N) is 1. The number of benzene rings is 2. The molecule has 0 aliphatic heterocycles. The zero-order valence-corrected chi connectivity index (χ0v) is 13.2. The molecule has 0 aliphatic rings. The molecule has 0 radical (unpaired) electrons. The van der Waals surface area contributed by atoms with Crippen LogP contribution in [-0.2, 0) is 0 Å². The van der Waals surface area contributed by atoms with Crippen molar-refractivity contribution in [3.63, 3.8) is 0 Å². The Morgan fingerprint density at radius 1 is 1.18 bits per heavy atom. The van der Waals surface area contributed by atoms with E-state index in [1.54, 1.807) is 12.0 Å². The lowest BCUT2D eigenvalue weighted by Crippen LogP contribution is -2.36. The van der Waals surface area contributed by atoms with Crippen LogP contribution in [0.5, 0.6) is 5.75 Å². The predicted molar refractivity (Wildman–Crippen MR) is 89.2 cm³/mol. The van der Waals surface area contributed by atoms with Gasteiger partial charge in [-0.3, -0.25) is 0 Å². The number of rotatable bonds is 5. The van der Waals surface area contributed by atoms with E-state index in [9.17, 15) is 4.79 Å². The highest BCUT2D eigenvalue weighted by Crippen LogP contribution is 2.24. The third-order valence-corrected chi connectivity index (χ3v) is 3.67. The lowest BCUT2D eigenvalue weighted by molar-refractivity contribution is 0.197. The third-order valence-electron chi connectivity index (χ3n) is 3.67. The van der Waals surface area contributed by atoms with E-state index < -0.39 is 0 Å². The van der Waals surface area contributed by atoms with Crippen LogP contribution in [0, 0.1) is 0 Å². The maximum Gasteiger partial charge on any atom is 0.322 e. The van der Waals surface area contributed by atoms with Crippen LogP contribution in [0.15, 0.2) is 54.6 Å². The van der Waals surface area contributed by atoms with Crippen LogP contribution in [0.2, 0.25) is 0 Å². The zero-order chi connectivity index (χ0) is 15.9. The molecule has 116 valence electrons. The van der Waals surface area contributed by atoms with Gasteiger partial charge in [-0.1, -0.05) is 30.3 Å². The number of anilines is 1. The molecule has 0 heterocycles. The van der Waals surface area contributed by atoms with Crippen molar-refractivity contribution in [2.24, 2.45) is 0 Å². The van der Waals surface area contributed by atoms with E-state index in [1.807, 2.05) is 68.4 Å². The van der Waals surface area contributed by atoms with E-state index in [-0.39, 0.29) is 12.1 Å². The first kappa shape index (κ1) is 15.9. The summed E-state index contributed by atoms with van der Waals surface area (Å²) in [4.78, 5) is 14.3. The lowest BCUT2D eigenvalue weighted by atomic mass is 10.1. The van der Waals surface area contributed by atoms with E-state index in [0.29, 0.717) is 6.54 Å². The van der Waals surface area contributed by atoms with E-state index in [2.05, 4.69) is 5.32 Å². The standard InChI is InChI=1S/C18H22N2O2/c1-4-20(18(21)19-16-10-6-5-7-11-16)14(2)15-9-8-12-17(13-15)22-3/h5-14H,4H2,1-3H3,(H,19,21)/t14-/m0/s1. The Morgan fingerprint density at radius 3 is 2.55 bits per heavy atom. The number of para-hydroxylation sites is 1. The van der Waals surface area contributed by atoms with Gasteiger partial charge in [-0.05, 0) is 43.7 Å². The number of ether oxygens (including phenoxy) is 1. The molecule has 0 unspecified atom stereocenters. The molecule has 0 spiro atoms. The molecule has 4 heteroatoms. The van der Waals surface area contributed by atoms with Crippen LogP contribution in [0.1, 0.15) is 25.5 Å². The fraction of sp³-hybridized carbons (Fsp3) is 0.278. The van der Waals surface area contributed by atoms with Gasteiger partial charge in [0.1, 0.15) is 5.75 Å². The quantitative estimate of drug-likeness (QED) is 0.893. The van der Waals surface area contributed by atoms with Crippen LogP contribution in [0.25, 0.3) is 0 Å². The van der Waals surface area contributed by atoms with Crippen molar-refractivity contribution in [2.75, 3.05) is 19.0 Å².